The number of fused-ring (bicyclic) bond motifs is 1. The molecule has 0 spiro atoms. The molecule has 5 nitrogen and oxygen atoms in total. The van der Waals surface area contributed by atoms with Gasteiger partial charge in [0.1, 0.15) is 23.9 Å². The summed E-state index contributed by atoms with van der Waals surface area (Å²) in [6.45, 7) is 2.25. The number of nitrogens with zero attached hydrogens (tertiary/aromatic N) is 1. The molecule has 0 radical (unpaired) electrons. The van der Waals surface area contributed by atoms with Crippen molar-refractivity contribution < 1.29 is 18.7 Å². The molecule has 28 heavy (non-hydrogen) atoms. The maximum atomic E-state index is 13.1. The van der Waals surface area contributed by atoms with Crippen molar-refractivity contribution in [2.45, 2.75) is 13.3 Å². The van der Waals surface area contributed by atoms with Gasteiger partial charge in [-0.2, -0.15) is 0 Å². The fraction of sp³-hybridized carbons (Fsp3) is 0.238. The molecule has 1 amide bonds. The van der Waals surface area contributed by atoms with Crippen LogP contribution in [-0.2, 0) is 11.2 Å². The first-order valence-electron chi connectivity index (χ1n) is 8.87. The number of nitrogens with one attached hydrogen (secondary N) is 1. The summed E-state index contributed by atoms with van der Waals surface area (Å²) in [5.41, 5.74) is 2.51. The summed E-state index contributed by atoms with van der Waals surface area (Å²) in [6.07, 6.45) is 0.577. The number of anilines is 1. The van der Waals surface area contributed by atoms with Crippen LogP contribution in [0.2, 0.25) is 0 Å². The van der Waals surface area contributed by atoms with Crippen LogP contribution in [-0.4, -0.2) is 24.6 Å². The van der Waals surface area contributed by atoms with Crippen LogP contribution >= 0.6 is 11.3 Å². The predicted molar refractivity (Wildman–Crippen MR) is 107 cm³/mol. The Morgan fingerprint density at radius 1 is 1.29 bits per heavy atom. The highest BCUT2D eigenvalue weighted by atomic mass is 32.1. The van der Waals surface area contributed by atoms with E-state index in [-0.39, 0.29) is 17.6 Å². The molecule has 3 aromatic rings. The molecule has 1 atom stereocenters. The number of ether oxygens (including phenoxy) is 2. The zero-order valence-corrected chi connectivity index (χ0v) is 16.3. The Morgan fingerprint density at radius 2 is 2.07 bits per heavy atom. The number of amides is 1. The molecule has 0 aliphatic carbocycles. The summed E-state index contributed by atoms with van der Waals surface area (Å²) in [7, 11) is 1.61. The Labute approximate surface area is 166 Å². The zero-order valence-electron chi connectivity index (χ0n) is 15.5. The number of aryl methyl sites for hydroxylation is 1. The van der Waals surface area contributed by atoms with Crippen molar-refractivity contribution in [3.05, 3.63) is 58.7 Å². The first kappa shape index (κ1) is 18.4. The van der Waals surface area contributed by atoms with Gasteiger partial charge in [-0.25, -0.2) is 9.37 Å². The van der Waals surface area contributed by atoms with E-state index < -0.39 is 0 Å². The molecule has 1 aliphatic heterocycles. The van der Waals surface area contributed by atoms with Gasteiger partial charge in [0.2, 0.25) is 5.91 Å². The van der Waals surface area contributed by atoms with Crippen molar-refractivity contribution in [1.29, 1.82) is 0 Å². The average Bonchev–Trinajstić information content (AvgIpc) is 3.07. The molecular weight excluding hydrogens is 379 g/mol. The molecule has 144 valence electrons. The second-order valence-electron chi connectivity index (χ2n) is 6.61. The second-order valence-corrected chi connectivity index (χ2v) is 7.81. The van der Waals surface area contributed by atoms with Crippen molar-refractivity contribution >= 4 is 22.4 Å². The van der Waals surface area contributed by atoms with Gasteiger partial charge in [0, 0.05) is 10.4 Å². The number of methoxy groups -OCH3 is 1. The van der Waals surface area contributed by atoms with Gasteiger partial charge in [-0.1, -0.05) is 0 Å². The highest BCUT2D eigenvalue weighted by Crippen LogP contribution is 2.33. The van der Waals surface area contributed by atoms with Gasteiger partial charge in [-0.3, -0.25) is 4.79 Å². The first-order valence-corrected chi connectivity index (χ1v) is 9.69. The Hall–Kier alpha value is -2.93. The molecule has 7 heteroatoms. The molecule has 0 fully saturated rings. The summed E-state index contributed by atoms with van der Waals surface area (Å²) in [5, 5.41) is 3.42. The lowest BCUT2D eigenvalue weighted by Crippen LogP contribution is -2.32. The van der Waals surface area contributed by atoms with Crippen LogP contribution in [0.3, 0.4) is 0 Å². The fourth-order valence-corrected chi connectivity index (χ4v) is 4.04. The highest BCUT2D eigenvalue weighted by molar-refractivity contribution is 7.16. The van der Waals surface area contributed by atoms with Crippen LogP contribution in [0.4, 0.5) is 9.52 Å². The first-order chi connectivity index (χ1) is 13.5. The number of thiazole rings is 1. The van der Waals surface area contributed by atoms with Crippen LogP contribution in [0.15, 0.2) is 42.5 Å². The van der Waals surface area contributed by atoms with E-state index in [2.05, 4.69) is 10.3 Å². The van der Waals surface area contributed by atoms with E-state index in [1.54, 1.807) is 19.2 Å². The van der Waals surface area contributed by atoms with Gasteiger partial charge >= 0.3 is 0 Å². The Balaban J connectivity index is 1.48. The van der Waals surface area contributed by atoms with Gasteiger partial charge in [0.05, 0.1) is 18.7 Å². The van der Waals surface area contributed by atoms with Crippen LogP contribution in [0, 0.1) is 18.7 Å². The third kappa shape index (κ3) is 3.71. The number of hydrogen-bond acceptors (Lipinski definition) is 5. The third-order valence-electron chi connectivity index (χ3n) is 4.69. The third-order valence-corrected chi connectivity index (χ3v) is 5.58. The monoisotopic (exact) mass is 398 g/mol. The van der Waals surface area contributed by atoms with E-state index in [0.29, 0.717) is 18.2 Å². The van der Waals surface area contributed by atoms with Crippen molar-refractivity contribution in [3.8, 4) is 22.8 Å². The SMILES string of the molecule is COc1ccc2c(c1)CC(C(=O)Nc1nc(-c3ccc(F)cc3)c(C)s1)CO2. The second kappa shape index (κ2) is 7.59. The topological polar surface area (TPSA) is 60.5 Å². The lowest BCUT2D eigenvalue weighted by Gasteiger charge is -2.24. The molecule has 4 rings (SSSR count). The van der Waals surface area contributed by atoms with Crippen molar-refractivity contribution in [3.63, 3.8) is 0 Å². The van der Waals surface area contributed by atoms with Crippen LogP contribution in [0.5, 0.6) is 11.5 Å². The molecule has 1 N–H and O–H groups in total. The van der Waals surface area contributed by atoms with E-state index in [1.807, 2.05) is 25.1 Å². The number of hydrogen-bond donors (Lipinski definition) is 1. The number of rotatable bonds is 4. The summed E-state index contributed by atoms with van der Waals surface area (Å²) >= 11 is 1.40. The smallest absolute Gasteiger partial charge is 0.233 e. The molecule has 0 bridgehead atoms. The average molecular weight is 398 g/mol. The number of carbonyl (C=O) groups excluding carboxylic acids is 1. The van der Waals surface area contributed by atoms with Gasteiger partial charge in [0.25, 0.3) is 0 Å². The molecule has 1 aliphatic rings. The normalized spacial score (nSPS) is 15.5. The molecular formula is C21H19FN2O3S. The van der Waals surface area contributed by atoms with E-state index in [0.717, 1.165) is 33.2 Å². The standard InChI is InChI=1S/C21H19FN2O3S/c1-12-19(13-3-5-16(22)6-4-13)23-21(28-12)24-20(25)15-9-14-10-17(26-2)7-8-18(14)27-11-15/h3-8,10,15H,9,11H2,1-2H3,(H,23,24,25). The Morgan fingerprint density at radius 3 is 2.82 bits per heavy atom. The number of carbonyl (C=O) groups is 1. The molecule has 1 unspecified atom stereocenters. The van der Waals surface area contributed by atoms with Crippen LogP contribution in [0.25, 0.3) is 11.3 Å². The summed E-state index contributed by atoms with van der Waals surface area (Å²) in [5.74, 6) is 0.793. The maximum Gasteiger partial charge on any atom is 0.233 e. The molecule has 0 saturated carbocycles. The highest BCUT2D eigenvalue weighted by Gasteiger charge is 2.27. The van der Waals surface area contributed by atoms with E-state index >= 15 is 0 Å². The fourth-order valence-electron chi connectivity index (χ4n) is 3.20. The molecule has 0 saturated heterocycles. The van der Waals surface area contributed by atoms with Gasteiger partial charge in [0.15, 0.2) is 5.13 Å². The van der Waals surface area contributed by atoms with Crippen LogP contribution in [0.1, 0.15) is 10.4 Å². The molecule has 2 aromatic carbocycles. The predicted octanol–water partition coefficient (Wildman–Crippen LogP) is 4.46. The van der Waals surface area contributed by atoms with Crippen molar-refractivity contribution in [2.75, 3.05) is 19.0 Å². The number of halogens is 1. The number of aromatic nitrogens is 1. The van der Waals surface area contributed by atoms with E-state index in [4.69, 9.17) is 9.47 Å². The quantitative estimate of drug-likeness (QED) is 0.705. The van der Waals surface area contributed by atoms with Gasteiger partial charge in [-0.15, -0.1) is 11.3 Å². The minimum atomic E-state index is -0.307. The summed E-state index contributed by atoms with van der Waals surface area (Å²) in [4.78, 5) is 18.2. The zero-order chi connectivity index (χ0) is 19.7. The lowest BCUT2D eigenvalue weighted by molar-refractivity contribution is -0.121. The summed E-state index contributed by atoms with van der Waals surface area (Å²) < 4.78 is 24.1. The minimum Gasteiger partial charge on any atom is -0.497 e. The van der Waals surface area contributed by atoms with E-state index in [9.17, 15) is 9.18 Å². The van der Waals surface area contributed by atoms with Crippen LogP contribution < -0.4 is 14.8 Å². The summed E-state index contributed by atoms with van der Waals surface area (Å²) in [6, 6.07) is 11.8. The molecule has 2 heterocycles. The lowest BCUT2D eigenvalue weighted by atomic mass is 9.96. The Kier molecular flexibility index (Phi) is 5.00. The number of benzene rings is 2. The minimum absolute atomic E-state index is 0.132. The van der Waals surface area contributed by atoms with Crippen molar-refractivity contribution in [2.24, 2.45) is 5.92 Å². The van der Waals surface area contributed by atoms with Gasteiger partial charge in [-0.05, 0) is 61.4 Å². The molecule has 1 aromatic heterocycles. The largest absolute Gasteiger partial charge is 0.497 e. The van der Waals surface area contributed by atoms with Crippen molar-refractivity contribution in [1.82, 2.24) is 4.98 Å². The van der Waals surface area contributed by atoms with E-state index in [1.165, 1.54) is 23.5 Å². The Bertz CT molecular complexity index is 1020. The maximum absolute atomic E-state index is 13.1. The van der Waals surface area contributed by atoms with Gasteiger partial charge < -0.3 is 14.8 Å².